The van der Waals surface area contributed by atoms with Crippen LogP contribution in [0.25, 0.3) is 0 Å². The number of hydrogen-bond acceptors (Lipinski definition) is 4. The summed E-state index contributed by atoms with van der Waals surface area (Å²) in [4.78, 5) is 13.1. The van der Waals surface area contributed by atoms with Gasteiger partial charge in [0.05, 0.1) is 5.01 Å². The summed E-state index contributed by atoms with van der Waals surface area (Å²) in [6.07, 6.45) is 7.04. The number of hydrogen-bond donors (Lipinski definition) is 2. The first-order valence-electron chi connectivity index (χ1n) is 8.92. The molecule has 0 radical (unpaired) electrons. The highest BCUT2D eigenvalue weighted by Gasteiger charge is 2.34. The SMILES string of the molecule is CCNC(=NCC1CCN(C2CC2)C1)NCCc1ncc(C)s1.I. The molecule has 1 aliphatic heterocycles. The Morgan fingerprint density at radius 3 is 2.88 bits per heavy atom. The number of nitrogens with one attached hydrogen (secondary N) is 2. The predicted octanol–water partition coefficient (Wildman–Crippen LogP) is 2.65. The molecule has 2 fully saturated rings. The third-order valence-corrected chi connectivity index (χ3v) is 5.51. The molecule has 7 heteroatoms. The molecule has 2 heterocycles. The van der Waals surface area contributed by atoms with Crippen LogP contribution in [0.2, 0.25) is 0 Å². The fraction of sp³-hybridized carbons (Fsp3) is 0.765. The first kappa shape index (κ1) is 19.9. The lowest BCUT2D eigenvalue weighted by molar-refractivity contribution is 0.315. The minimum absolute atomic E-state index is 0. The molecule has 1 saturated carbocycles. The van der Waals surface area contributed by atoms with Gasteiger partial charge >= 0.3 is 0 Å². The van der Waals surface area contributed by atoms with Crippen LogP contribution in [-0.4, -0.2) is 54.6 Å². The Balaban J connectivity index is 0.00000208. The van der Waals surface area contributed by atoms with E-state index in [9.17, 15) is 0 Å². The zero-order valence-electron chi connectivity index (χ0n) is 14.8. The van der Waals surface area contributed by atoms with Crippen LogP contribution in [0, 0.1) is 12.8 Å². The summed E-state index contributed by atoms with van der Waals surface area (Å²) < 4.78 is 0. The number of likely N-dealkylation sites (tertiary alicyclic amines) is 1. The fourth-order valence-electron chi connectivity index (χ4n) is 3.15. The molecule has 0 aromatic carbocycles. The van der Waals surface area contributed by atoms with Gasteiger partial charge in [-0.05, 0) is 45.6 Å². The highest BCUT2D eigenvalue weighted by atomic mass is 127. The first-order valence-corrected chi connectivity index (χ1v) is 9.73. The Kier molecular flexibility index (Phi) is 8.22. The Labute approximate surface area is 166 Å². The molecule has 136 valence electrons. The number of aromatic nitrogens is 1. The van der Waals surface area contributed by atoms with Crippen molar-refractivity contribution in [1.82, 2.24) is 20.5 Å². The van der Waals surface area contributed by atoms with Crippen molar-refractivity contribution >= 4 is 41.3 Å². The summed E-state index contributed by atoms with van der Waals surface area (Å²) in [5.41, 5.74) is 0. The number of aryl methyl sites for hydroxylation is 1. The topological polar surface area (TPSA) is 52.6 Å². The minimum atomic E-state index is 0. The summed E-state index contributed by atoms with van der Waals surface area (Å²) in [5.74, 6) is 1.68. The Hall–Kier alpha value is -0.410. The third-order valence-electron chi connectivity index (χ3n) is 4.53. The maximum Gasteiger partial charge on any atom is 0.191 e. The van der Waals surface area contributed by atoms with E-state index in [0.717, 1.165) is 44.0 Å². The van der Waals surface area contributed by atoms with E-state index in [1.807, 2.05) is 6.20 Å². The standard InChI is InChI=1S/C17H29N5S.HI/c1-3-18-17(19-8-6-16-20-10-13(2)23-16)21-11-14-7-9-22(12-14)15-4-5-15;/h10,14-15H,3-9,11-12H2,1-2H3,(H2,18,19,21);1H. The molecular weight excluding hydrogens is 433 g/mol. The molecule has 1 saturated heterocycles. The van der Waals surface area contributed by atoms with E-state index in [0.29, 0.717) is 0 Å². The van der Waals surface area contributed by atoms with E-state index in [4.69, 9.17) is 4.99 Å². The van der Waals surface area contributed by atoms with Crippen molar-refractivity contribution in [2.75, 3.05) is 32.7 Å². The summed E-state index contributed by atoms with van der Waals surface area (Å²) in [5, 5.41) is 7.99. The van der Waals surface area contributed by atoms with E-state index in [2.05, 4.69) is 34.4 Å². The highest BCUT2D eigenvalue weighted by Crippen LogP contribution is 2.31. The van der Waals surface area contributed by atoms with Crippen molar-refractivity contribution in [2.24, 2.45) is 10.9 Å². The summed E-state index contributed by atoms with van der Waals surface area (Å²) in [6.45, 7) is 9.47. The molecule has 2 aliphatic rings. The number of rotatable bonds is 7. The molecule has 3 rings (SSSR count). The van der Waals surface area contributed by atoms with Crippen molar-refractivity contribution in [3.05, 3.63) is 16.1 Å². The monoisotopic (exact) mass is 463 g/mol. The van der Waals surface area contributed by atoms with Crippen LogP contribution in [0.15, 0.2) is 11.2 Å². The van der Waals surface area contributed by atoms with Gasteiger partial charge in [-0.3, -0.25) is 4.99 Å². The second-order valence-corrected chi connectivity index (χ2v) is 7.96. The van der Waals surface area contributed by atoms with E-state index >= 15 is 0 Å². The second kappa shape index (κ2) is 9.91. The molecule has 1 atom stereocenters. The Morgan fingerprint density at radius 2 is 2.21 bits per heavy atom. The molecule has 1 aromatic rings. The van der Waals surface area contributed by atoms with Gasteiger partial charge in [0, 0.05) is 49.7 Å². The quantitative estimate of drug-likeness (QED) is 0.371. The number of nitrogens with zero attached hydrogens (tertiary/aromatic N) is 3. The number of guanidine groups is 1. The van der Waals surface area contributed by atoms with Crippen LogP contribution in [0.3, 0.4) is 0 Å². The van der Waals surface area contributed by atoms with E-state index in [1.54, 1.807) is 11.3 Å². The molecule has 0 spiro atoms. The molecule has 0 bridgehead atoms. The average Bonchev–Trinajstić information content (AvgIpc) is 3.14. The minimum Gasteiger partial charge on any atom is -0.357 e. The maximum atomic E-state index is 4.80. The van der Waals surface area contributed by atoms with Crippen molar-refractivity contribution in [1.29, 1.82) is 0 Å². The zero-order valence-corrected chi connectivity index (χ0v) is 17.9. The molecule has 5 nitrogen and oxygen atoms in total. The van der Waals surface area contributed by atoms with E-state index in [1.165, 1.54) is 42.2 Å². The maximum absolute atomic E-state index is 4.80. The normalized spacial score (nSPS) is 21.6. The van der Waals surface area contributed by atoms with Crippen molar-refractivity contribution in [3.63, 3.8) is 0 Å². The second-order valence-electron chi connectivity index (χ2n) is 6.64. The molecular formula is C17H30IN5S. The summed E-state index contributed by atoms with van der Waals surface area (Å²) >= 11 is 1.78. The molecule has 1 aliphatic carbocycles. The molecule has 1 unspecified atom stereocenters. The predicted molar refractivity (Wildman–Crippen MR) is 113 cm³/mol. The number of halogens is 1. The van der Waals surface area contributed by atoms with Gasteiger partial charge in [-0.15, -0.1) is 35.3 Å². The lowest BCUT2D eigenvalue weighted by Gasteiger charge is -2.15. The molecule has 2 N–H and O–H groups in total. The van der Waals surface area contributed by atoms with Crippen LogP contribution in [0.1, 0.15) is 36.1 Å². The molecule has 1 aromatic heterocycles. The fourth-order valence-corrected chi connectivity index (χ4v) is 3.94. The van der Waals surface area contributed by atoms with Gasteiger partial charge in [0.25, 0.3) is 0 Å². The van der Waals surface area contributed by atoms with Crippen molar-refractivity contribution in [2.45, 2.75) is 45.6 Å². The van der Waals surface area contributed by atoms with Crippen molar-refractivity contribution < 1.29 is 0 Å². The molecule has 24 heavy (non-hydrogen) atoms. The van der Waals surface area contributed by atoms with Gasteiger partial charge in [0.15, 0.2) is 5.96 Å². The number of thiazole rings is 1. The van der Waals surface area contributed by atoms with Crippen LogP contribution < -0.4 is 10.6 Å². The summed E-state index contributed by atoms with van der Waals surface area (Å²) in [6, 6.07) is 0.900. The Bertz CT molecular complexity index is 529. The lowest BCUT2D eigenvalue weighted by Crippen LogP contribution is -2.38. The number of aliphatic imine (C=N–C) groups is 1. The van der Waals surface area contributed by atoms with Gasteiger partial charge in [-0.25, -0.2) is 4.98 Å². The van der Waals surface area contributed by atoms with Gasteiger partial charge < -0.3 is 15.5 Å². The van der Waals surface area contributed by atoms with Crippen LogP contribution in [0.5, 0.6) is 0 Å². The van der Waals surface area contributed by atoms with Crippen LogP contribution >= 0.6 is 35.3 Å². The zero-order chi connectivity index (χ0) is 16.1. The van der Waals surface area contributed by atoms with Crippen LogP contribution in [0.4, 0.5) is 0 Å². The lowest BCUT2D eigenvalue weighted by atomic mass is 10.1. The largest absolute Gasteiger partial charge is 0.357 e. The highest BCUT2D eigenvalue weighted by molar-refractivity contribution is 14.0. The van der Waals surface area contributed by atoms with E-state index in [-0.39, 0.29) is 24.0 Å². The van der Waals surface area contributed by atoms with Gasteiger partial charge in [0.1, 0.15) is 0 Å². The first-order chi connectivity index (χ1) is 11.2. The van der Waals surface area contributed by atoms with E-state index < -0.39 is 0 Å². The smallest absolute Gasteiger partial charge is 0.191 e. The Morgan fingerprint density at radius 1 is 1.38 bits per heavy atom. The average molecular weight is 463 g/mol. The third kappa shape index (κ3) is 6.15. The van der Waals surface area contributed by atoms with Gasteiger partial charge in [-0.1, -0.05) is 0 Å². The van der Waals surface area contributed by atoms with Gasteiger partial charge in [0.2, 0.25) is 0 Å². The summed E-state index contributed by atoms with van der Waals surface area (Å²) in [7, 11) is 0. The van der Waals surface area contributed by atoms with Crippen LogP contribution in [-0.2, 0) is 6.42 Å². The van der Waals surface area contributed by atoms with Gasteiger partial charge in [-0.2, -0.15) is 0 Å². The molecule has 0 amide bonds. The van der Waals surface area contributed by atoms with Crippen molar-refractivity contribution in [3.8, 4) is 0 Å².